The van der Waals surface area contributed by atoms with Crippen molar-refractivity contribution >= 4 is 38.8 Å². The molecule has 2 aromatic carbocycles. The number of amides is 1. The number of ether oxygens (including phenoxy) is 1. The molecule has 0 N–H and O–H groups in total. The summed E-state index contributed by atoms with van der Waals surface area (Å²) < 4.78 is 11.5. The summed E-state index contributed by atoms with van der Waals surface area (Å²) in [6, 6.07) is 11.4. The monoisotopic (exact) mass is 526 g/mol. The molecule has 0 radical (unpaired) electrons. The number of rotatable bonds is 8. The maximum Gasteiger partial charge on any atom is 0.337 e. The quantitative estimate of drug-likeness (QED) is 0.398. The lowest BCUT2D eigenvalue weighted by atomic mass is 9.97. The Hall–Kier alpha value is -2.97. The molecule has 0 fully saturated rings. The predicted molar refractivity (Wildman–Crippen MR) is 133 cm³/mol. The van der Waals surface area contributed by atoms with Crippen LogP contribution in [0.3, 0.4) is 0 Å². The molecular formula is C26H27BrN2O5. The highest BCUT2D eigenvalue weighted by atomic mass is 79.9. The van der Waals surface area contributed by atoms with Crippen LogP contribution in [-0.2, 0) is 4.74 Å². The number of benzene rings is 2. The van der Waals surface area contributed by atoms with Gasteiger partial charge in [0.25, 0.3) is 5.91 Å². The first-order chi connectivity index (χ1) is 16.4. The largest absolute Gasteiger partial charge is 0.465 e. The van der Waals surface area contributed by atoms with Gasteiger partial charge in [0.2, 0.25) is 5.76 Å². The van der Waals surface area contributed by atoms with Crippen LogP contribution in [0.25, 0.3) is 11.0 Å². The Morgan fingerprint density at radius 1 is 1.12 bits per heavy atom. The molecule has 0 unspecified atom stereocenters. The van der Waals surface area contributed by atoms with Crippen LogP contribution in [0.5, 0.6) is 0 Å². The molecule has 7 nitrogen and oxygen atoms in total. The zero-order valence-corrected chi connectivity index (χ0v) is 21.1. The molecule has 34 heavy (non-hydrogen) atoms. The standard InChI is InChI=1S/C26H27BrN2O5/c1-4-28(5-2)13-6-14-29-22(16-7-9-17(10-8-16)26(32)33-3)21-23(30)19-15-18(27)11-12-20(19)34-24(21)25(29)31/h7-12,15,22H,4-6,13-14H2,1-3H3/t22-/m0/s1. The van der Waals surface area contributed by atoms with E-state index in [9.17, 15) is 14.4 Å². The van der Waals surface area contributed by atoms with E-state index in [1.807, 2.05) is 0 Å². The molecule has 8 heteroatoms. The van der Waals surface area contributed by atoms with Gasteiger partial charge in [-0.25, -0.2) is 4.79 Å². The summed E-state index contributed by atoms with van der Waals surface area (Å²) in [6.07, 6.45) is 0.761. The van der Waals surface area contributed by atoms with Gasteiger partial charge in [0.15, 0.2) is 5.43 Å². The first-order valence-electron chi connectivity index (χ1n) is 11.4. The average molecular weight is 527 g/mol. The zero-order valence-electron chi connectivity index (χ0n) is 19.5. The Morgan fingerprint density at radius 2 is 1.82 bits per heavy atom. The SMILES string of the molecule is CCN(CC)CCCN1C(=O)c2oc3ccc(Br)cc3c(=O)c2[C@@H]1c1ccc(C(=O)OC)cc1. The molecule has 3 aromatic rings. The van der Waals surface area contributed by atoms with E-state index in [0.717, 1.165) is 36.1 Å². The summed E-state index contributed by atoms with van der Waals surface area (Å²) in [7, 11) is 1.33. The highest BCUT2D eigenvalue weighted by molar-refractivity contribution is 9.10. The van der Waals surface area contributed by atoms with E-state index in [-0.39, 0.29) is 17.1 Å². The van der Waals surface area contributed by atoms with Gasteiger partial charge in [0.1, 0.15) is 5.58 Å². The summed E-state index contributed by atoms with van der Waals surface area (Å²) in [6.45, 7) is 7.41. The minimum Gasteiger partial charge on any atom is -0.465 e. The molecule has 1 aromatic heterocycles. The van der Waals surface area contributed by atoms with Crippen molar-refractivity contribution < 1.29 is 18.7 Å². The van der Waals surface area contributed by atoms with Crippen molar-refractivity contribution in [1.82, 2.24) is 9.80 Å². The van der Waals surface area contributed by atoms with Crippen molar-refractivity contribution in [3.63, 3.8) is 0 Å². The Kier molecular flexibility index (Phi) is 7.19. The van der Waals surface area contributed by atoms with Crippen molar-refractivity contribution in [1.29, 1.82) is 0 Å². The molecule has 2 heterocycles. The van der Waals surface area contributed by atoms with Crippen molar-refractivity contribution in [3.05, 3.63) is 79.6 Å². The molecule has 1 aliphatic heterocycles. The maximum absolute atomic E-state index is 13.6. The van der Waals surface area contributed by atoms with Gasteiger partial charge in [-0.1, -0.05) is 41.9 Å². The fourth-order valence-corrected chi connectivity index (χ4v) is 4.85. The Morgan fingerprint density at radius 3 is 2.47 bits per heavy atom. The smallest absolute Gasteiger partial charge is 0.337 e. The van der Waals surface area contributed by atoms with Gasteiger partial charge in [-0.2, -0.15) is 0 Å². The van der Waals surface area contributed by atoms with Crippen molar-refractivity contribution in [2.24, 2.45) is 0 Å². The van der Waals surface area contributed by atoms with E-state index in [4.69, 9.17) is 9.15 Å². The van der Waals surface area contributed by atoms with Crippen molar-refractivity contribution in [2.45, 2.75) is 26.3 Å². The molecule has 0 saturated carbocycles. The van der Waals surface area contributed by atoms with Gasteiger partial charge in [-0.15, -0.1) is 0 Å². The lowest BCUT2D eigenvalue weighted by molar-refractivity contribution is 0.0599. The molecule has 1 amide bonds. The minimum atomic E-state index is -0.592. The Labute approximate surface area is 206 Å². The number of methoxy groups -OCH3 is 1. The highest BCUT2D eigenvalue weighted by Crippen LogP contribution is 2.38. The molecule has 0 aliphatic carbocycles. The lowest BCUT2D eigenvalue weighted by Crippen LogP contribution is -2.33. The number of esters is 1. The molecule has 178 valence electrons. The third kappa shape index (κ3) is 4.40. The molecule has 4 rings (SSSR count). The van der Waals surface area contributed by atoms with E-state index in [0.29, 0.717) is 28.6 Å². The summed E-state index contributed by atoms with van der Waals surface area (Å²) in [5.41, 5.74) is 1.64. The van der Waals surface area contributed by atoms with E-state index in [2.05, 4.69) is 34.7 Å². The fourth-order valence-electron chi connectivity index (χ4n) is 4.49. The summed E-state index contributed by atoms with van der Waals surface area (Å²) in [4.78, 5) is 43.0. The molecule has 0 saturated heterocycles. The zero-order chi connectivity index (χ0) is 24.4. The van der Waals surface area contributed by atoms with Gasteiger partial charge in [-0.3, -0.25) is 9.59 Å². The van der Waals surface area contributed by atoms with Gasteiger partial charge >= 0.3 is 5.97 Å². The number of carbonyl (C=O) groups excluding carboxylic acids is 2. The van der Waals surface area contributed by atoms with Crippen LogP contribution in [0.15, 0.2) is 56.1 Å². The molecule has 0 bridgehead atoms. The number of nitrogens with zero attached hydrogens (tertiary/aromatic N) is 2. The van der Waals surface area contributed by atoms with Crippen LogP contribution in [0.4, 0.5) is 0 Å². The number of hydrogen-bond acceptors (Lipinski definition) is 6. The topological polar surface area (TPSA) is 80.1 Å². The molecule has 1 aliphatic rings. The average Bonchev–Trinajstić information content (AvgIpc) is 3.13. The first kappa shape index (κ1) is 24.2. The van der Waals surface area contributed by atoms with Crippen LogP contribution < -0.4 is 5.43 Å². The van der Waals surface area contributed by atoms with Crippen LogP contribution in [0, 0.1) is 0 Å². The third-order valence-corrected chi connectivity index (χ3v) is 6.84. The van der Waals surface area contributed by atoms with Gasteiger partial charge < -0.3 is 19.0 Å². The van der Waals surface area contributed by atoms with Crippen molar-refractivity contribution in [2.75, 3.05) is 33.3 Å². The van der Waals surface area contributed by atoms with Crippen LogP contribution in [-0.4, -0.2) is 55.0 Å². The lowest BCUT2D eigenvalue weighted by Gasteiger charge is -2.26. The Balaban J connectivity index is 1.79. The predicted octanol–water partition coefficient (Wildman–Crippen LogP) is 4.62. The van der Waals surface area contributed by atoms with Gasteiger partial charge in [0.05, 0.1) is 29.7 Å². The van der Waals surface area contributed by atoms with Gasteiger partial charge in [-0.05, 0) is 62.0 Å². The fraction of sp³-hybridized carbons (Fsp3) is 0.346. The second kappa shape index (κ2) is 10.1. The van der Waals surface area contributed by atoms with Crippen LogP contribution >= 0.6 is 15.9 Å². The normalized spacial score (nSPS) is 15.3. The summed E-state index contributed by atoms with van der Waals surface area (Å²) in [5, 5.41) is 0.419. The first-order valence-corrected chi connectivity index (χ1v) is 12.2. The van der Waals surface area contributed by atoms with Crippen LogP contribution in [0.2, 0.25) is 0 Å². The van der Waals surface area contributed by atoms with E-state index >= 15 is 0 Å². The van der Waals surface area contributed by atoms with Crippen molar-refractivity contribution in [3.8, 4) is 0 Å². The van der Waals surface area contributed by atoms with Crippen LogP contribution in [0.1, 0.15) is 58.3 Å². The molecule has 1 atom stereocenters. The molecular weight excluding hydrogens is 500 g/mol. The third-order valence-electron chi connectivity index (χ3n) is 6.34. The van der Waals surface area contributed by atoms with E-state index in [1.54, 1.807) is 47.4 Å². The number of fused-ring (bicyclic) bond motifs is 2. The summed E-state index contributed by atoms with van der Waals surface area (Å²) >= 11 is 3.41. The number of hydrogen-bond donors (Lipinski definition) is 0. The minimum absolute atomic E-state index is 0.0877. The highest BCUT2D eigenvalue weighted by Gasteiger charge is 2.42. The Bertz CT molecular complexity index is 1280. The second-order valence-corrected chi connectivity index (χ2v) is 9.13. The summed E-state index contributed by atoms with van der Waals surface area (Å²) in [5.74, 6) is -0.649. The van der Waals surface area contributed by atoms with E-state index < -0.39 is 12.0 Å². The van der Waals surface area contributed by atoms with E-state index in [1.165, 1.54) is 7.11 Å². The molecule has 0 spiro atoms. The number of halogens is 1. The number of carbonyl (C=O) groups is 2. The van der Waals surface area contributed by atoms with Gasteiger partial charge in [0, 0.05) is 11.0 Å². The second-order valence-electron chi connectivity index (χ2n) is 8.21. The maximum atomic E-state index is 13.6.